The Morgan fingerprint density at radius 2 is 1.51 bits per heavy atom. The number of benzene rings is 4. The lowest BCUT2D eigenvalue weighted by molar-refractivity contribution is -0.113. The lowest BCUT2D eigenvalue weighted by Crippen LogP contribution is -2.17. The molecule has 0 atom stereocenters. The zero-order valence-electron chi connectivity index (χ0n) is 19.2. The number of thioether (sulfide) groups is 1. The minimum Gasteiger partial charge on any atom is -0.457 e. The van der Waals surface area contributed by atoms with E-state index in [-0.39, 0.29) is 21.7 Å². The Morgan fingerprint density at radius 1 is 0.865 bits per heavy atom. The molecule has 0 aliphatic heterocycles. The highest BCUT2D eigenvalue weighted by atomic mass is 79.9. The molecule has 37 heavy (non-hydrogen) atoms. The number of amides is 1. The van der Waals surface area contributed by atoms with E-state index in [1.165, 1.54) is 16.1 Å². The van der Waals surface area contributed by atoms with Crippen LogP contribution in [0.5, 0.6) is 11.5 Å². The number of anilines is 1. The Hall–Kier alpha value is -3.60. The van der Waals surface area contributed by atoms with Gasteiger partial charge in [0.1, 0.15) is 11.5 Å². The molecule has 0 aliphatic carbocycles. The van der Waals surface area contributed by atoms with Gasteiger partial charge in [-0.25, -0.2) is 17.4 Å². The fraction of sp³-hybridized carbons (Fsp3) is 0.0370. The van der Waals surface area contributed by atoms with Crippen molar-refractivity contribution in [3.8, 4) is 11.5 Å². The molecule has 186 valence electrons. The molecule has 5 rings (SSSR count). The third-order valence-electron chi connectivity index (χ3n) is 5.29. The molecular formula is C27H20BrN3O4S2. The fourth-order valence-electron chi connectivity index (χ4n) is 3.58. The molecule has 1 amide bonds. The number of carbonyl (C=O) groups excluding carboxylic acids is 1. The molecule has 0 saturated carbocycles. The smallest absolute Gasteiger partial charge is 0.270 e. The number of imidazole rings is 1. The number of hydrogen-bond acceptors (Lipinski definition) is 6. The quantitative estimate of drug-likeness (QED) is 0.205. The van der Waals surface area contributed by atoms with Crippen molar-refractivity contribution in [2.75, 3.05) is 11.1 Å². The van der Waals surface area contributed by atoms with Crippen LogP contribution in [0, 0.1) is 0 Å². The van der Waals surface area contributed by atoms with Crippen molar-refractivity contribution in [2.24, 2.45) is 0 Å². The van der Waals surface area contributed by atoms with E-state index in [0.29, 0.717) is 22.5 Å². The van der Waals surface area contributed by atoms with E-state index in [9.17, 15) is 13.2 Å². The van der Waals surface area contributed by atoms with E-state index in [4.69, 9.17) is 4.74 Å². The lowest BCUT2D eigenvalue weighted by Gasteiger charge is -2.11. The number of carbonyl (C=O) groups is 1. The molecule has 5 aromatic rings. The van der Waals surface area contributed by atoms with E-state index in [2.05, 4.69) is 26.2 Å². The Balaban J connectivity index is 1.31. The van der Waals surface area contributed by atoms with Crippen LogP contribution in [0.2, 0.25) is 0 Å². The maximum atomic E-state index is 13.5. The number of rotatable bonds is 8. The van der Waals surface area contributed by atoms with E-state index >= 15 is 0 Å². The molecule has 0 fully saturated rings. The second-order valence-corrected chi connectivity index (χ2v) is 11.5. The highest BCUT2D eigenvalue weighted by Crippen LogP contribution is 2.30. The summed E-state index contributed by atoms with van der Waals surface area (Å²) in [6.07, 6.45) is 0. The average Bonchev–Trinajstić information content (AvgIpc) is 3.29. The highest BCUT2D eigenvalue weighted by Gasteiger charge is 2.25. The van der Waals surface area contributed by atoms with Gasteiger partial charge in [-0.15, -0.1) is 0 Å². The Bertz CT molecular complexity index is 1650. The third kappa shape index (κ3) is 5.71. The van der Waals surface area contributed by atoms with Crippen LogP contribution in [0.1, 0.15) is 0 Å². The number of nitrogens with one attached hydrogen (secondary N) is 1. The summed E-state index contributed by atoms with van der Waals surface area (Å²) in [6.45, 7) is 0. The summed E-state index contributed by atoms with van der Waals surface area (Å²) >= 11 is 4.39. The summed E-state index contributed by atoms with van der Waals surface area (Å²) in [5, 5.41) is 3.04. The van der Waals surface area contributed by atoms with Gasteiger partial charge in [0, 0.05) is 10.2 Å². The van der Waals surface area contributed by atoms with Gasteiger partial charge in [-0.05, 0) is 72.8 Å². The topological polar surface area (TPSA) is 90.3 Å². The standard InChI is InChI=1S/C27H20BrN3O4S2/c28-19-10-16-23(17-11-19)37(33,34)31-25-9-5-4-8-24(25)30-27(31)36-18-26(32)29-20-12-14-22(15-13-20)35-21-6-2-1-3-7-21/h1-17H,18H2,(H,29,32). The Labute approximate surface area is 226 Å². The van der Waals surface area contributed by atoms with Crippen molar-refractivity contribution in [2.45, 2.75) is 10.1 Å². The van der Waals surface area contributed by atoms with Crippen molar-refractivity contribution in [1.82, 2.24) is 8.96 Å². The molecule has 4 aromatic carbocycles. The fourth-order valence-corrected chi connectivity index (χ4v) is 6.35. The lowest BCUT2D eigenvalue weighted by atomic mass is 10.3. The zero-order chi connectivity index (χ0) is 25.8. The van der Waals surface area contributed by atoms with E-state index in [1.54, 1.807) is 60.7 Å². The van der Waals surface area contributed by atoms with Gasteiger partial charge in [0.25, 0.3) is 10.0 Å². The minimum absolute atomic E-state index is 0.0263. The minimum atomic E-state index is -3.94. The van der Waals surface area contributed by atoms with Crippen molar-refractivity contribution in [3.05, 3.63) is 108 Å². The summed E-state index contributed by atoms with van der Waals surface area (Å²) in [5.74, 6) is 1.05. The average molecular weight is 595 g/mol. The number of hydrogen-bond donors (Lipinski definition) is 1. The highest BCUT2D eigenvalue weighted by molar-refractivity contribution is 9.10. The van der Waals surface area contributed by atoms with Gasteiger partial charge >= 0.3 is 0 Å². The van der Waals surface area contributed by atoms with Crippen molar-refractivity contribution < 1.29 is 17.9 Å². The molecule has 7 nitrogen and oxygen atoms in total. The Morgan fingerprint density at radius 3 is 2.24 bits per heavy atom. The third-order valence-corrected chi connectivity index (χ3v) is 8.59. The predicted molar refractivity (Wildman–Crippen MR) is 149 cm³/mol. The van der Waals surface area contributed by atoms with Crippen LogP contribution in [0.4, 0.5) is 5.69 Å². The zero-order valence-corrected chi connectivity index (χ0v) is 22.5. The van der Waals surface area contributed by atoms with E-state index < -0.39 is 10.0 Å². The number of ether oxygens (including phenoxy) is 1. The summed E-state index contributed by atoms with van der Waals surface area (Å²) in [5.41, 5.74) is 1.57. The van der Waals surface area contributed by atoms with Crippen LogP contribution >= 0.6 is 27.7 Å². The first-order valence-electron chi connectivity index (χ1n) is 11.1. The molecular weight excluding hydrogens is 574 g/mol. The molecule has 0 spiro atoms. The first-order chi connectivity index (χ1) is 17.9. The maximum Gasteiger partial charge on any atom is 0.270 e. The molecule has 0 unspecified atom stereocenters. The number of aromatic nitrogens is 2. The second kappa shape index (κ2) is 10.8. The number of halogens is 1. The van der Waals surface area contributed by atoms with Gasteiger partial charge in [0.05, 0.1) is 21.7 Å². The van der Waals surface area contributed by atoms with Crippen LogP contribution in [0.3, 0.4) is 0 Å². The van der Waals surface area contributed by atoms with Crippen LogP contribution in [-0.2, 0) is 14.8 Å². The molecule has 0 radical (unpaired) electrons. The molecule has 0 bridgehead atoms. The number of para-hydroxylation sites is 3. The summed E-state index contributed by atoms with van der Waals surface area (Å²) in [6, 6.07) is 29.8. The predicted octanol–water partition coefficient (Wildman–Crippen LogP) is 6.56. The van der Waals surface area contributed by atoms with Crippen molar-refractivity contribution >= 4 is 60.3 Å². The molecule has 1 N–H and O–H groups in total. The van der Waals surface area contributed by atoms with Crippen LogP contribution in [-0.4, -0.2) is 29.0 Å². The van der Waals surface area contributed by atoms with Gasteiger partial charge in [-0.3, -0.25) is 4.79 Å². The first kappa shape index (κ1) is 25.1. The first-order valence-corrected chi connectivity index (χ1v) is 14.4. The van der Waals surface area contributed by atoms with Gasteiger partial charge < -0.3 is 10.1 Å². The molecule has 0 aliphatic rings. The second-order valence-electron chi connectivity index (χ2n) is 7.88. The van der Waals surface area contributed by atoms with E-state index in [0.717, 1.165) is 22.0 Å². The number of fused-ring (bicyclic) bond motifs is 1. The molecule has 1 heterocycles. The van der Waals surface area contributed by atoms with Crippen LogP contribution in [0.15, 0.2) is 118 Å². The largest absolute Gasteiger partial charge is 0.457 e. The van der Waals surface area contributed by atoms with Gasteiger partial charge in [-0.2, -0.15) is 0 Å². The normalized spacial score (nSPS) is 11.4. The number of nitrogens with zero attached hydrogens (tertiary/aromatic N) is 2. The summed E-state index contributed by atoms with van der Waals surface area (Å²) in [4.78, 5) is 17.3. The molecule has 1 aromatic heterocycles. The summed E-state index contributed by atoms with van der Waals surface area (Å²) < 4.78 is 34.8. The van der Waals surface area contributed by atoms with Crippen LogP contribution in [0.25, 0.3) is 11.0 Å². The SMILES string of the molecule is O=C(CSc1nc2ccccc2n1S(=O)(=O)c1ccc(Br)cc1)Nc1ccc(Oc2ccccc2)cc1. The van der Waals surface area contributed by atoms with Crippen LogP contribution < -0.4 is 10.1 Å². The molecule has 10 heteroatoms. The molecule has 0 saturated heterocycles. The Kier molecular flexibility index (Phi) is 7.31. The van der Waals surface area contributed by atoms with Crippen molar-refractivity contribution in [3.63, 3.8) is 0 Å². The maximum absolute atomic E-state index is 13.5. The van der Waals surface area contributed by atoms with Gasteiger partial charge in [0.15, 0.2) is 5.16 Å². The van der Waals surface area contributed by atoms with Gasteiger partial charge in [-0.1, -0.05) is 58.0 Å². The monoisotopic (exact) mass is 593 g/mol. The van der Waals surface area contributed by atoms with Crippen molar-refractivity contribution in [1.29, 1.82) is 0 Å². The van der Waals surface area contributed by atoms with Gasteiger partial charge in [0.2, 0.25) is 5.91 Å². The van der Waals surface area contributed by atoms with E-state index in [1.807, 2.05) is 30.3 Å². The summed E-state index contributed by atoms with van der Waals surface area (Å²) in [7, 11) is -3.94.